The lowest BCUT2D eigenvalue weighted by atomic mass is 10.3. The van der Waals surface area contributed by atoms with Crippen molar-refractivity contribution in [3.8, 4) is 10.6 Å². The van der Waals surface area contributed by atoms with Crippen molar-refractivity contribution in [2.45, 2.75) is 39.2 Å². The highest BCUT2D eigenvalue weighted by atomic mass is 32.1. The maximum atomic E-state index is 4.66. The summed E-state index contributed by atoms with van der Waals surface area (Å²) in [5, 5.41) is 10.0. The average molecular weight is 335 g/mol. The van der Waals surface area contributed by atoms with Gasteiger partial charge in [0.1, 0.15) is 0 Å². The molecule has 0 aliphatic heterocycles. The molecule has 2 heterocycles. The number of thiophene rings is 1. The van der Waals surface area contributed by atoms with Crippen molar-refractivity contribution in [1.82, 2.24) is 15.6 Å². The number of aromatic nitrogens is 1. The molecule has 118 valence electrons. The lowest BCUT2D eigenvalue weighted by Gasteiger charge is -2.09. The summed E-state index contributed by atoms with van der Waals surface area (Å²) in [6.07, 6.45) is 3.52. The second-order valence-electron chi connectivity index (χ2n) is 5.45. The van der Waals surface area contributed by atoms with Crippen LogP contribution < -0.4 is 10.6 Å². The lowest BCUT2D eigenvalue weighted by molar-refractivity contribution is 0.809. The van der Waals surface area contributed by atoms with Crippen molar-refractivity contribution >= 4 is 28.6 Å². The Hall–Kier alpha value is -1.40. The summed E-state index contributed by atoms with van der Waals surface area (Å²) in [7, 11) is 0. The van der Waals surface area contributed by atoms with Crippen LogP contribution in [-0.4, -0.2) is 30.1 Å². The van der Waals surface area contributed by atoms with E-state index in [0.717, 1.165) is 36.2 Å². The zero-order valence-electron chi connectivity index (χ0n) is 13.1. The minimum atomic E-state index is 0.638. The van der Waals surface area contributed by atoms with Crippen LogP contribution in [0, 0.1) is 6.92 Å². The topological polar surface area (TPSA) is 49.3 Å². The van der Waals surface area contributed by atoms with Crippen molar-refractivity contribution in [3.05, 3.63) is 27.4 Å². The summed E-state index contributed by atoms with van der Waals surface area (Å²) in [4.78, 5) is 11.8. The zero-order valence-corrected chi connectivity index (χ0v) is 14.7. The lowest BCUT2D eigenvalue weighted by Crippen LogP contribution is -2.38. The number of aliphatic imine (C=N–C) groups is 1. The normalized spacial score (nSPS) is 15.1. The number of hydrogen-bond acceptors (Lipinski definition) is 4. The molecular formula is C16H22N4S2. The Bertz CT molecular complexity index is 640. The molecule has 3 rings (SSSR count). The van der Waals surface area contributed by atoms with E-state index in [1.54, 1.807) is 11.3 Å². The molecule has 0 bridgehead atoms. The van der Waals surface area contributed by atoms with Gasteiger partial charge in [0.25, 0.3) is 0 Å². The van der Waals surface area contributed by atoms with Crippen LogP contribution in [0.15, 0.2) is 22.5 Å². The van der Waals surface area contributed by atoms with E-state index in [0.29, 0.717) is 6.04 Å². The molecule has 1 saturated carbocycles. The SMILES string of the molecule is CCNC(=NCCc1ccc(-c2csc(C)n2)s1)NC1CC1. The third-order valence-electron chi connectivity index (χ3n) is 3.42. The molecule has 0 radical (unpaired) electrons. The second kappa shape index (κ2) is 7.24. The third kappa shape index (κ3) is 4.30. The summed E-state index contributed by atoms with van der Waals surface area (Å²) in [6.45, 7) is 5.88. The Kier molecular flexibility index (Phi) is 5.10. The Morgan fingerprint density at radius 2 is 2.27 bits per heavy atom. The highest BCUT2D eigenvalue weighted by Gasteiger charge is 2.21. The monoisotopic (exact) mass is 334 g/mol. The quantitative estimate of drug-likeness (QED) is 0.628. The third-order valence-corrected chi connectivity index (χ3v) is 5.36. The maximum Gasteiger partial charge on any atom is 0.191 e. The van der Waals surface area contributed by atoms with E-state index in [1.807, 2.05) is 18.3 Å². The van der Waals surface area contributed by atoms with E-state index in [1.165, 1.54) is 22.6 Å². The Balaban J connectivity index is 1.55. The first-order valence-electron chi connectivity index (χ1n) is 7.80. The van der Waals surface area contributed by atoms with Crippen LogP contribution in [0.25, 0.3) is 10.6 Å². The van der Waals surface area contributed by atoms with Gasteiger partial charge in [-0.25, -0.2) is 4.98 Å². The van der Waals surface area contributed by atoms with Gasteiger partial charge in [-0.2, -0.15) is 0 Å². The minimum Gasteiger partial charge on any atom is -0.357 e. The van der Waals surface area contributed by atoms with E-state index >= 15 is 0 Å². The summed E-state index contributed by atoms with van der Waals surface area (Å²) >= 11 is 3.53. The molecule has 22 heavy (non-hydrogen) atoms. The van der Waals surface area contributed by atoms with Gasteiger partial charge in [0.2, 0.25) is 0 Å². The summed E-state index contributed by atoms with van der Waals surface area (Å²) in [5.41, 5.74) is 1.10. The van der Waals surface area contributed by atoms with Gasteiger partial charge in [-0.05, 0) is 38.8 Å². The zero-order chi connectivity index (χ0) is 15.4. The van der Waals surface area contributed by atoms with Gasteiger partial charge in [-0.1, -0.05) is 0 Å². The van der Waals surface area contributed by atoms with Crippen LogP contribution in [0.4, 0.5) is 0 Å². The van der Waals surface area contributed by atoms with Crippen LogP contribution in [-0.2, 0) is 6.42 Å². The standard InChI is InChI=1S/C16H22N4S2/c1-3-17-16(20-12-4-5-12)18-9-8-13-6-7-15(22-13)14-10-21-11(2)19-14/h6-7,10,12H,3-5,8-9H2,1-2H3,(H2,17,18,20). The second-order valence-corrected chi connectivity index (χ2v) is 7.68. The number of nitrogens with one attached hydrogen (secondary N) is 2. The fourth-order valence-corrected chi connectivity index (χ4v) is 3.79. The molecule has 6 heteroatoms. The summed E-state index contributed by atoms with van der Waals surface area (Å²) in [5.74, 6) is 0.955. The summed E-state index contributed by atoms with van der Waals surface area (Å²) < 4.78 is 0. The number of aryl methyl sites for hydroxylation is 1. The van der Waals surface area contributed by atoms with Gasteiger partial charge in [0.05, 0.1) is 15.6 Å². The molecule has 2 aromatic heterocycles. The first kappa shape index (κ1) is 15.5. The predicted molar refractivity (Wildman–Crippen MR) is 96.0 cm³/mol. The van der Waals surface area contributed by atoms with Crippen molar-refractivity contribution in [1.29, 1.82) is 0 Å². The maximum absolute atomic E-state index is 4.66. The number of nitrogens with zero attached hydrogens (tertiary/aromatic N) is 2. The van der Waals surface area contributed by atoms with Crippen LogP contribution >= 0.6 is 22.7 Å². The molecule has 2 N–H and O–H groups in total. The first-order chi connectivity index (χ1) is 10.7. The Labute approximate surface area is 139 Å². The highest BCUT2D eigenvalue weighted by molar-refractivity contribution is 7.16. The molecule has 1 aliphatic carbocycles. The van der Waals surface area contributed by atoms with Crippen molar-refractivity contribution in [2.75, 3.05) is 13.1 Å². The number of rotatable bonds is 6. The Morgan fingerprint density at radius 3 is 2.95 bits per heavy atom. The average Bonchev–Trinajstić information content (AvgIpc) is 3.00. The first-order valence-corrected chi connectivity index (χ1v) is 9.50. The number of thiazole rings is 1. The van der Waals surface area contributed by atoms with Gasteiger partial charge < -0.3 is 10.6 Å². The minimum absolute atomic E-state index is 0.638. The van der Waals surface area contributed by atoms with Crippen LogP contribution in [0.5, 0.6) is 0 Å². The van der Waals surface area contributed by atoms with Crippen LogP contribution in [0.2, 0.25) is 0 Å². The molecule has 0 unspecified atom stereocenters. The van der Waals surface area contributed by atoms with Gasteiger partial charge in [0.15, 0.2) is 5.96 Å². The smallest absolute Gasteiger partial charge is 0.191 e. The summed E-state index contributed by atoms with van der Waals surface area (Å²) in [6, 6.07) is 5.01. The van der Waals surface area contributed by atoms with E-state index in [2.05, 4.69) is 45.0 Å². The molecule has 0 atom stereocenters. The van der Waals surface area contributed by atoms with Crippen LogP contribution in [0.1, 0.15) is 29.7 Å². The van der Waals surface area contributed by atoms with Crippen molar-refractivity contribution in [2.24, 2.45) is 4.99 Å². The molecule has 0 saturated heterocycles. The highest BCUT2D eigenvalue weighted by Crippen LogP contribution is 2.29. The van der Waals surface area contributed by atoms with Gasteiger partial charge in [0, 0.05) is 35.8 Å². The number of hydrogen-bond donors (Lipinski definition) is 2. The molecule has 4 nitrogen and oxygen atoms in total. The van der Waals surface area contributed by atoms with Gasteiger partial charge >= 0.3 is 0 Å². The fourth-order valence-electron chi connectivity index (χ4n) is 2.15. The molecule has 1 fully saturated rings. The van der Waals surface area contributed by atoms with Crippen molar-refractivity contribution in [3.63, 3.8) is 0 Å². The molecule has 0 spiro atoms. The van der Waals surface area contributed by atoms with E-state index in [-0.39, 0.29) is 0 Å². The Morgan fingerprint density at radius 1 is 1.41 bits per heavy atom. The van der Waals surface area contributed by atoms with Crippen molar-refractivity contribution < 1.29 is 0 Å². The van der Waals surface area contributed by atoms with E-state index in [9.17, 15) is 0 Å². The molecule has 2 aromatic rings. The number of guanidine groups is 1. The largest absolute Gasteiger partial charge is 0.357 e. The fraction of sp³-hybridized carbons (Fsp3) is 0.500. The van der Waals surface area contributed by atoms with E-state index in [4.69, 9.17) is 0 Å². The molecule has 0 amide bonds. The van der Waals surface area contributed by atoms with Crippen LogP contribution in [0.3, 0.4) is 0 Å². The molecule has 1 aliphatic rings. The van der Waals surface area contributed by atoms with Gasteiger partial charge in [-0.15, -0.1) is 22.7 Å². The molecular weight excluding hydrogens is 312 g/mol. The predicted octanol–water partition coefficient (Wildman–Crippen LogP) is 3.44. The molecule has 0 aromatic carbocycles. The van der Waals surface area contributed by atoms with Gasteiger partial charge in [-0.3, -0.25) is 4.99 Å². The van der Waals surface area contributed by atoms with E-state index < -0.39 is 0 Å².